The molecule has 0 bridgehead atoms. The lowest BCUT2D eigenvalue weighted by Crippen LogP contribution is -1.95. The maximum atomic E-state index is 8.57. The first kappa shape index (κ1) is 13.8. The Morgan fingerprint density at radius 2 is 2.21 bits per heavy atom. The second kappa shape index (κ2) is 6.48. The fourth-order valence-electron chi connectivity index (χ4n) is 1.76. The molecule has 0 saturated heterocycles. The second-order valence-corrected chi connectivity index (χ2v) is 5.27. The van der Waals surface area contributed by atoms with Gasteiger partial charge in [0.2, 0.25) is 5.89 Å². The summed E-state index contributed by atoms with van der Waals surface area (Å²) in [5.41, 5.74) is 1.12. The third kappa shape index (κ3) is 3.65. The van der Waals surface area contributed by atoms with Crippen LogP contribution in [-0.4, -0.2) is 10.1 Å². The molecule has 4 nitrogen and oxygen atoms in total. The van der Waals surface area contributed by atoms with Crippen LogP contribution in [0, 0.1) is 11.3 Å². The minimum atomic E-state index is 0.125. The van der Waals surface area contributed by atoms with Crippen LogP contribution in [-0.2, 0) is 6.42 Å². The van der Waals surface area contributed by atoms with Gasteiger partial charge in [-0.05, 0) is 18.1 Å². The highest BCUT2D eigenvalue weighted by molar-refractivity contribution is 9.10. The molecule has 1 aromatic carbocycles. The van der Waals surface area contributed by atoms with E-state index in [1.165, 1.54) is 0 Å². The van der Waals surface area contributed by atoms with E-state index in [-0.39, 0.29) is 5.92 Å². The van der Waals surface area contributed by atoms with Crippen LogP contribution >= 0.6 is 15.9 Å². The van der Waals surface area contributed by atoms with Gasteiger partial charge in [0.25, 0.3) is 0 Å². The molecule has 0 aliphatic rings. The Morgan fingerprint density at radius 1 is 1.42 bits per heavy atom. The van der Waals surface area contributed by atoms with E-state index in [9.17, 15) is 0 Å². The van der Waals surface area contributed by atoms with E-state index in [1.54, 1.807) is 0 Å². The van der Waals surface area contributed by atoms with Crippen molar-refractivity contribution in [3.63, 3.8) is 0 Å². The Morgan fingerprint density at radius 3 is 2.95 bits per heavy atom. The number of hydrogen-bond acceptors (Lipinski definition) is 4. The largest absolute Gasteiger partial charge is 0.339 e. The van der Waals surface area contributed by atoms with Gasteiger partial charge in [0.15, 0.2) is 5.82 Å². The van der Waals surface area contributed by atoms with Crippen molar-refractivity contribution in [3.8, 4) is 6.07 Å². The van der Waals surface area contributed by atoms with Gasteiger partial charge < -0.3 is 4.52 Å². The van der Waals surface area contributed by atoms with Crippen LogP contribution in [0.15, 0.2) is 33.3 Å². The number of halogens is 1. The van der Waals surface area contributed by atoms with Crippen LogP contribution in [0.5, 0.6) is 0 Å². The molecule has 1 atom stereocenters. The zero-order valence-corrected chi connectivity index (χ0v) is 12.2. The first-order chi connectivity index (χ1) is 9.20. The van der Waals surface area contributed by atoms with E-state index in [2.05, 4.69) is 32.1 Å². The Kier molecular flexibility index (Phi) is 4.69. The number of nitrogens with zero attached hydrogens (tertiary/aromatic N) is 3. The topological polar surface area (TPSA) is 62.7 Å². The van der Waals surface area contributed by atoms with Crippen molar-refractivity contribution in [1.82, 2.24) is 10.1 Å². The molecular weight excluding hydrogens is 306 g/mol. The van der Waals surface area contributed by atoms with Gasteiger partial charge in [-0.2, -0.15) is 10.2 Å². The molecule has 0 amide bonds. The summed E-state index contributed by atoms with van der Waals surface area (Å²) in [4.78, 5) is 4.39. The van der Waals surface area contributed by atoms with Crippen LogP contribution < -0.4 is 0 Å². The minimum absolute atomic E-state index is 0.125. The van der Waals surface area contributed by atoms with Crippen molar-refractivity contribution in [2.24, 2.45) is 0 Å². The smallest absolute Gasteiger partial charge is 0.229 e. The Hall–Kier alpha value is -1.67. The first-order valence-electron chi connectivity index (χ1n) is 6.13. The highest BCUT2D eigenvalue weighted by Gasteiger charge is 2.14. The van der Waals surface area contributed by atoms with Crippen LogP contribution in [0.3, 0.4) is 0 Å². The fraction of sp³-hybridized carbons (Fsp3) is 0.357. The number of aromatic nitrogens is 2. The molecule has 19 heavy (non-hydrogen) atoms. The molecule has 0 radical (unpaired) electrons. The van der Waals surface area contributed by atoms with E-state index < -0.39 is 0 Å². The molecule has 0 N–H and O–H groups in total. The molecule has 1 unspecified atom stereocenters. The average Bonchev–Trinajstić information content (AvgIpc) is 2.87. The van der Waals surface area contributed by atoms with Gasteiger partial charge in [-0.1, -0.05) is 46.2 Å². The lowest BCUT2D eigenvalue weighted by molar-refractivity contribution is 0.351. The Labute approximate surface area is 120 Å². The molecule has 5 heteroatoms. The van der Waals surface area contributed by atoms with Gasteiger partial charge in [0.05, 0.1) is 6.07 Å². The van der Waals surface area contributed by atoms with Gasteiger partial charge >= 0.3 is 0 Å². The molecule has 98 valence electrons. The van der Waals surface area contributed by atoms with Crippen molar-refractivity contribution >= 4 is 15.9 Å². The molecule has 0 fully saturated rings. The molecule has 2 rings (SSSR count). The van der Waals surface area contributed by atoms with Crippen LogP contribution in [0.25, 0.3) is 0 Å². The Bertz CT molecular complexity index is 588. The quantitative estimate of drug-likeness (QED) is 0.840. The highest BCUT2D eigenvalue weighted by atomic mass is 79.9. The molecule has 1 aromatic heterocycles. The standard InChI is InChI=1S/C14H14BrN3O/c1-10(5-4-8-16)14-17-13(18-19-14)9-11-6-2-3-7-12(11)15/h2-3,6-7,10H,4-5,9H2,1H3. The van der Waals surface area contributed by atoms with Gasteiger partial charge in [-0.25, -0.2) is 0 Å². The number of hydrogen-bond donors (Lipinski definition) is 0. The average molecular weight is 320 g/mol. The van der Waals surface area contributed by atoms with Crippen molar-refractivity contribution in [3.05, 3.63) is 46.0 Å². The summed E-state index contributed by atoms with van der Waals surface area (Å²) >= 11 is 3.50. The monoisotopic (exact) mass is 319 g/mol. The minimum Gasteiger partial charge on any atom is -0.339 e. The number of nitriles is 1. The van der Waals surface area contributed by atoms with Gasteiger partial charge in [-0.15, -0.1) is 0 Å². The molecule has 1 heterocycles. The van der Waals surface area contributed by atoms with Gasteiger partial charge in [0, 0.05) is 23.2 Å². The Balaban J connectivity index is 2.06. The summed E-state index contributed by atoms with van der Waals surface area (Å²) < 4.78 is 6.29. The van der Waals surface area contributed by atoms with E-state index in [1.807, 2.05) is 31.2 Å². The van der Waals surface area contributed by atoms with Crippen LogP contribution in [0.1, 0.15) is 43.0 Å². The number of benzene rings is 1. The molecule has 0 saturated carbocycles. The summed E-state index contributed by atoms with van der Waals surface area (Å²) in [6.07, 6.45) is 1.88. The van der Waals surface area contributed by atoms with Crippen molar-refractivity contribution < 1.29 is 4.52 Å². The third-order valence-electron chi connectivity index (χ3n) is 2.90. The maximum Gasteiger partial charge on any atom is 0.229 e. The van der Waals surface area contributed by atoms with E-state index in [0.29, 0.717) is 24.6 Å². The molecule has 0 aliphatic carbocycles. The SMILES string of the molecule is CC(CCC#N)c1nc(Cc2ccccc2Br)no1. The summed E-state index contributed by atoms with van der Waals surface area (Å²) in [5.74, 6) is 1.41. The molecule has 0 spiro atoms. The zero-order chi connectivity index (χ0) is 13.7. The molecular formula is C14H14BrN3O. The molecule has 2 aromatic rings. The summed E-state index contributed by atoms with van der Waals surface area (Å²) in [7, 11) is 0. The summed E-state index contributed by atoms with van der Waals surface area (Å²) in [6.45, 7) is 1.99. The van der Waals surface area contributed by atoms with Crippen LogP contribution in [0.4, 0.5) is 0 Å². The lowest BCUT2D eigenvalue weighted by Gasteiger charge is -2.01. The van der Waals surface area contributed by atoms with Crippen LogP contribution in [0.2, 0.25) is 0 Å². The van der Waals surface area contributed by atoms with E-state index in [0.717, 1.165) is 16.5 Å². The second-order valence-electron chi connectivity index (χ2n) is 4.41. The predicted octanol–water partition coefficient (Wildman–Crippen LogP) is 3.83. The summed E-state index contributed by atoms with van der Waals surface area (Å²) in [5, 5.41) is 12.6. The van der Waals surface area contributed by atoms with E-state index >= 15 is 0 Å². The fourth-order valence-corrected chi connectivity index (χ4v) is 2.18. The van der Waals surface area contributed by atoms with Crippen molar-refractivity contribution in [1.29, 1.82) is 5.26 Å². The molecule has 0 aliphatic heterocycles. The van der Waals surface area contributed by atoms with Gasteiger partial charge in [-0.3, -0.25) is 0 Å². The van der Waals surface area contributed by atoms with Gasteiger partial charge in [0.1, 0.15) is 0 Å². The predicted molar refractivity (Wildman–Crippen MR) is 74.5 cm³/mol. The highest BCUT2D eigenvalue weighted by Crippen LogP contribution is 2.21. The first-order valence-corrected chi connectivity index (χ1v) is 6.93. The zero-order valence-electron chi connectivity index (χ0n) is 10.6. The lowest BCUT2D eigenvalue weighted by atomic mass is 10.1. The maximum absolute atomic E-state index is 8.57. The summed E-state index contributed by atoms with van der Waals surface area (Å²) in [6, 6.07) is 10.1. The third-order valence-corrected chi connectivity index (χ3v) is 3.67. The van der Waals surface area contributed by atoms with Crippen molar-refractivity contribution in [2.45, 2.75) is 32.1 Å². The number of rotatable bonds is 5. The van der Waals surface area contributed by atoms with E-state index in [4.69, 9.17) is 9.78 Å². The van der Waals surface area contributed by atoms with Crippen molar-refractivity contribution in [2.75, 3.05) is 0 Å². The normalized spacial score (nSPS) is 12.1.